The van der Waals surface area contributed by atoms with Crippen molar-refractivity contribution in [3.63, 3.8) is 0 Å². The van der Waals surface area contributed by atoms with E-state index in [0.29, 0.717) is 11.3 Å². The van der Waals surface area contributed by atoms with Gasteiger partial charge >= 0.3 is 5.97 Å². The number of carbonyl (C=O) groups excluding carboxylic acids is 1. The second-order valence-electron chi connectivity index (χ2n) is 6.48. The molecule has 0 spiro atoms. The molecule has 2 aromatic carbocycles. The molecule has 1 amide bonds. The minimum absolute atomic E-state index is 0.0363. The number of halogens is 2. The zero-order chi connectivity index (χ0) is 22.1. The summed E-state index contributed by atoms with van der Waals surface area (Å²) in [5.74, 6) is -1.53. The van der Waals surface area contributed by atoms with Gasteiger partial charge in [0, 0.05) is 10.9 Å². The van der Waals surface area contributed by atoms with Crippen molar-refractivity contribution in [1.82, 2.24) is 9.55 Å². The molecule has 10 heteroatoms. The van der Waals surface area contributed by atoms with Crippen LogP contribution in [-0.2, 0) is 11.3 Å². The highest BCUT2D eigenvalue weighted by Crippen LogP contribution is 2.30. The summed E-state index contributed by atoms with van der Waals surface area (Å²) >= 11 is 13.2. The molecule has 4 rings (SSSR count). The van der Waals surface area contributed by atoms with Crippen LogP contribution in [0.4, 0.5) is 5.69 Å². The van der Waals surface area contributed by atoms with Gasteiger partial charge in [-0.25, -0.2) is 9.78 Å². The second kappa shape index (κ2) is 8.50. The van der Waals surface area contributed by atoms with Crippen molar-refractivity contribution in [2.45, 2.75) is 6.54 Å². The Morgan fingerprint density at radius 2 is 1.84 bits per heavy atom. The zero-order valence-electron chi connectivity index (χ0n) is 15.6. The Kier molecular flexibility index (Phi) is 5.77. The maximum Gasteiger partial charge on any atom is 0.337 e. The van der Waals surface area contributed by atoms with E-state index in [2.05, 4.69) is 10.3 Å². The first-order valence-electron chi connectivity index (χ1n) is 8.91. The van der Waals surface area contributed by atoms with Crippen molar-refractivity contribution in [3.8, 4) is 11.4 Å². The minimum Gasteiger partial charge on any atom is -0.478 e. The topological polar surface area (TPSA) is 101 Å². The summed E-state index contributed by atoms with van der Waals surface area (Å²) in [6.45, 7) is -0.399. The zero-order valence-corrected chi connectivity index (χ0v) is 18.0. The molecule has 0 radical (unpaired) electrons. The summed E-state index contributed by atoms with van der Waals surface area (Å²) in [4.78, 5) is 42.3. The van der Waals surface area contributed by atoms with Crippen LogP contribution in [0.25, 0.3) is 21.6 Å². The second-order valence-corrected chi connectivity index (χ2v) is 8.12. The molecule has 156 valence electrons. The van der Waals surface area contributed by atoms with E-state index >= 15 is 0 Å². The average molecular weight is 474 g/mol. The number of carboxylic acid groups (broad SMARTS) is 1. The minimum atomic E-state index is -1.24. The molecule has 0 atom stereocenters. The highest BCUT2D eigenvalue weighted by Gasteiger charge is 2.22. The fourth-order valence-corrected chi connectivity index (χ4v) is 4.32. The number of nitrogens with zero attached hydrogens (tertiary/aromatic N) is 2. The van der Waals surface area contributed by atoms with Gasteiger partial charge < -0.3 is 10.4 Å². The number of rotatable bonds is 5. The largest absolute Gasteiger partial charge is 0.478 e. The van der Waals surface area contributed by atoms with Crippen LogP contribution in [0.5, 0.6) is 0 Å². The molecule has 0 bridgehead atoms. The van der Waals surface area contributed by atoms with Crippen LogP contribution < -0.4 is 10.9 Å². The molecule has 0 aliphatic rings. The lowest BCUT2D eigenvalue weighted by atomic mass is 10.2. The number of hydrogen-bond donors (Lipinski definition) is 2. The Morgan fingerprint density at radius 3 is 2.55 bits per heavy atom. The van der Waals surface area contributed by atoms with Gasteiger partial charge in [0.2, 0.25) is 5.91 Å². The fraction of sp³-hybridized carbons (Fsp3) is 0.0476. The Hall–Kier alpha value is -3.20. The number of carboxylic acids is 1. The van der Waals surface area contributed by atoms with Crippen LogP contribution in [0.3, 0.4) is 0 Å². The number of thiophene rings is 1. The average Bonchev–Trinajstić information content (AvgIpc) is 3.18. The van der Waals surface area contributed by atoms with Crippen molar-refractivity contribution >= 4 is 62.3 Å². The van der Waals surface area contributed by atoms with Crippen molar-refractivity contribution < 1.29 is 14.7 Å². The normalized spacial score (nSPS) is 10.9. The Bertz CT molecular complexity index is 1380. The molecule has 0 fully saturated rings. The molecular weight excluding hydrogens is 461 g/mol. The van der Waals surface area contributed by atoms with Crippen LogP contribution in [0.15, 0.2) is 58.7 Å². The van der Waals surface area contributed by atoms with Crippen molar-refractivity contribution in [1.29, 1.82) is 0 Å². The molecule has 4 aromatic rings. The SMILES string of the molecule is O=C(Cn1c(-c2ccccc2)nc2scc(C(=O)O)c2c1=O)Nc1cccc(Cl)c1Cl. The summed E-state index contributed by atoms with van der Waals surface area (Å²) in [7, 11) is 0. The highest BCUT2D eigenvalue weighted by atomic mass is 35.5. The first-order chi connectivity index (χ1) is 14.9. The predicted molar refractivity (Wildman–Crippen MR) is 121 cm³/mol. The van der Waals surface area contributed by atoms with E-state index in [1.807, 2.05) is 6.07 Å². The van der Waals surface area contributed by atoms with Crippen LogP contribution in [0.2, 0.25) is 10.0 Å². The molecule has 2 heterocycles. The van der Waals surface area contributed by atoms with Crippen LogP contribution in [0, 0.1) is 0 Å². The van der Waals surface area contributed by atoms with Crippen molar-refractivity contribution in [2.75, 3.05) is 5.32 Å². The third-order valence-electron chi connectivity index (χ3n) is 4.48. The third kappa shape index (κ3) is 4.05. The summed E-state index contributed by atoms with van der Waals surface area (Å²) in [6, 6.07) is 13.7. The summed E-state index contributed by atoms with van der Waals surface area (Å²) in [6.07, 6.45) is 0. The van der Waals surface area contributed by atoms with Gasteiger partial charge in [0.1, 0.15) is 17.2 Å². The van der Waals surface area contributed by atoms with E-state index < -0.39 is 24.0 Å². The van der Waals surface area contributed by atoms with E-state index in [9.17, 15) is 19.5 Å². The van der Waals surface area contributed by atoms with Crippen molar-refractivity contribution in [2.24, 2.45) is 0 Å². The van der Waals surface area contributed by atoms with E-state index in [1.54, 1.807) is 42.5 Å². The molecule has 2 N–H and O–H groups in total. The van der Waals surface area contributed by atoms with Gasteiger partial charge in [0.25, 0.3) is 5.56 Å². The van der Waals surface area contributed by atoms with E-state index in [0.717, 1.165) is 15.9 Å². The molecule has 0 aliphatic carbocycles. The van der Waals surface area contributed by atoms with Gasteiger partial charge in [-0.3, -0.25) is 14.2 Å². The molecule has 2 aromatic heterocycles. The molecule has 0 unspecified atom stereocenters. The number of aromatic nitrogens is 2. The summed E-state index contributed by atoms with van der Waals surface area (Å²) in [5.41, 5.74) is 0.142. The summed E-state index contributed by atoms with van der Waals surface area (Å²) < 4.78 is 1.16. The van der Waals surface area contributed by atoms with Gasteiger partial charge in [-0.1, -0.05) is 59.6 Å². The lowest BCUT2D eigenvalue weighted by Gasteiger charge is -2.14. The Labute approximate surface area is 189 Å². The quantitative estimate of drug-likeness (QED) is 0.434. The first-order valence-corrected chi connectivity index (χ1v) is 10.5. The lowest BCUT2D eigenvalue weighted by molar-refractivity contribution is -0.116. The van der Waals surface area contributed by atoms with Gasteiger partial charge in [0.15, 0.2) is 0 Å². The van der Waals surface area contributed by atoms with Gasteiger partial charge in [-0.05, 0) is 12.1 Å². The first kappa shape index (κ1) is 21.0. The standard InChI is InChI=1S/C21H13Cl2N3O4S/c22-13-7-4-8-14(17(13)23)24-15(27)9-26-18(11-5-2-1-3-6-11)25-19-16(20(26)28)12(10-31-19)21(29)30/h1-8,10H,9H2,(H,24,27)(H,29,30). The molecule has 0 saturated heterocycles. The van der Waals surface area contributed by atoms with Crippen LogP contribution >= 0.6 is 34.5 Å². The number of nitrogens with one attached hydrogen (secondary N) is 1. The van der Waals surface area contributed by atoms with E-state index in [1.165, 1.54) is 5.38 Å². The number of hydrogen-bond acceptors (Lipinski definition) is 5. The Balaban J connectivity index is 1.82. The van der Waals surface area contributed by atoms with E-state index in [4.69, 9.17) is 23.2 Å². The monoisotopic (exact) mass is 473 g/mol. The van der Waals surface area contributed by atoms with Crippen molar-refractivity contribution in [3.05, 3.63) is 79.9 Å². The van der Waals surface area contributed by atoms with Gasteiger partial charge in [0.05, 0.1) is 26.7 Å². The number of carbonyl (C=O) groups is 2. The third-order valence-corrected chi connectivity index (χ3v) is 6.17. The maximum atomic E-state index is 13.3. The maximum absolute atomic E-state index is 13.3. The molecule has 7 nitrogen and oxygen atoms in total. The van der Waals surface area contributed by atoms with Gasteiger partial charge in [-0.15, -0.1) is 11.3 Å². The number of benzene rings is 2. The number of amides is 1. The Morgan fingerprint density at radius 1 is 1.10 bits per heavy atom. The van der Waals surface area contributed by atoms with E-state index in [-0.39, 0.29) is 31.6 Å². The fourth-order valence-electron chi connectivity index (χ4n) is 3.07. The highest BCUT2D eigenvalue weighted by molar-refractivity contribution is 7.17. The molecular formula is C21H13Cl2N3O4S. The summed E-state index contributed by atoms with van der Waals surface area (Å²) in [5, 5.41) is 13.8. The van der Waals surface area contributed by atoms with Crippen LogP contribution in [-0.4, -0.2) is 26.5 Å². The molecule has 31 heavy (non-hydrogen) atoms. The van der Waals surface area contributed by atoms with Crippen LogP contribution in [0.1, 0.15) is 10.4 Å². The number of anilines is 1. The number of aromatic carboxylic acids is 1. The molecule has 0 aliphatic heterocycles. The smallest absolute Gasteiger partial charge is 0.337 e. The predicted octanol–water partition coefficient (Wildman–Crippen LogP) is 4.77. The van der Waals surface area contributed by atoms with Gasteiger partial charge in [-0.2, -0.15) is 0 Å². The lowest BCUT2D eigenvalue weighted by Crippen LogP contribution is -2.30. The molecule has 0 saturated carbocycles. The number of fused-ring (bicyclic) bond motifs is 1.